The van der Waals surface area contributed by atoms with Gasteiger partial charge in [0.1, 0.15) is 5.82 Å². The third-order valence-corrected chi connectivity index (χ3v) is 2.82. The van der Waals surface area contributed by atoms with Gasteiger partial charge >= 0.3 is 0 Å². The lowest BCUT2D eigenvalue weighted by molar-refractivity contribution is 0.0756. The Hall–Kier alpha value is -1.90. The summed E-state index contributed by atoms with van der Waals surface area (Å²) in [7, 11) is 0. The largest absolute Gasteiger partial charge is 0.335 e. The maximum Gasteiger partial charge on any atom is 0.293 e. The summed E-state index contributed by atoms with van der Waals surface area (Å²) in [6.07, 6.45) is 2.57. The summed E-state index contributed by atoms with van der Waals surface area (Å²) >= 11 is 0. The monoisotopic (exact) mass is 233 g/mol. The minimum absolute atomic E-state index is 0.203. The van der Waals surface area contributed by atoms with Gasteiger partial charge in [0.25, 0.3) is 5.91 Å². The normalized spacial score (nSPS) is 14.4. The molecule has 90 valence electrons. The van der Waals surface area contributed by atoms with Crippen molar-refractivity contribution in [1.82, 2.24) is 20.1 Å². The molecule has 1 aromatic heterocycles. The minimum atomic E-state index is -0.203. The summed E-state index contributed by atoms with van der Waals surface area (Å²) < 4.78 is 0. The van der Waals surface area contributed by atoms with Crippen LogP contribution in [-0.2, 0) is 0 Å². The maximum atomic E-state index is 12.0. The summed E-state index contributed by atoms with van der Waals surface area (Å²) in [5.41, 5.74) is 0. The van der Waals surface area contributed by atoms with Gasteiger partial charge in [-0.25, -0.2) is 4.98 Å². The van der Waals surface area contributed by atoms with Crippen LogP contribution in [0.5, 0.6) is 0 Å². The molecule has 17 heavy (non-hydrogen) atoms. The van der Waals surface area contributed by atoms with Gasteiger partial charge in [0.05, 0.1) is 12.5 Å². The van der Waals surface area contributed by atoms with E-state index in [1.54, 1.807) is 4.90 Å². The van der Waals surface area contributed by atoms with Gasteiger partial charge in [-0.05, 0) is 19.8 Å². The lowest BCUT2D eigenvalue weighted by atomic mass is 10.3. The van der Waals surface area contributed by atoms with Crippen molar-refractivity contribution in [2.45, 2.75) is 32.1 Å². The molecule has 0 bridgehead atoms. The van der Waals surface area contributed by atoms with Crippen molar-refractivity contribution in [3.63, 3.8) is 0 Å². The number of hydrogen-bond donors (Lipinski definition) is 1. The summed E-state index contributed by atoms with van der Waals surface area (Å²) in [5.74, 6) is 1.28. The van der Waals surface area contributed by atoms with E-state index < -0.39 is 0 Å². The van der Waals surface area contributed by atoms with Crippen LogP contribution in [0, 0.1) is 11.3 Å². The number of hydrogen-bond acceptors (Lipinski definition) is 4. The molecule has 0 atom stereocenters. The van der Waals surface area contributed by atoms with E-state index in [9.17, 15) is 4.79 Å². The molecule has 1 heterocycles. The quantitative estimate of drug-likeness (QED) is 0.823. The Bertz CT molecular complexity index is 443. The highest BCUT2D eigenvalue weighted by molar-refractivity contribution is 5.90. The molecule has 2 rings (SSSR count). The van der Waals surface area contributed by atoms with Gasteiger partial charge in [0, 0.05) is 19.0 Å². The highest BCUT2D eigenvalue weighted by Gasteiger charge is 2.28. The Kier molecular flexibility index (Phi) is 3.38. The number of H-pyrrole nitrogens is 1. The molecule has 0 radical (unpaired) electrons. The van der Waals surface area contributed by atoms with Gasteiger partial charge in [-0.2, -0.15) is 5.26 Å². The molecule has 1 aliphatic rings. The molecular weight excluding hydrogens is 218 g/mol. The van der Waals surface area contributed by atoms with Crippen molar-refractivity contribution >= 4 is 5.91 Å². The number of rotatable bonds is 5. The molecule has 0 spiro atoms. The summed E-state index contributed by atoms with van der Waals surface area (Å²) in [5, 5.41) is 15.3. The van der Waals surface area contributed by atoms with Crippen molar-refractivity contribution in [2.24, 2.45) is 0 Å². The predicted octanol–water partition coefficient (Wildman–Crippen LogP) is 1.06. The first-order chi connectivity index (χ1) is 8.26. The average molecular weight is 233 g/mol. The molecule has 1 aromatic rings. The lowest BCUT2D eigenvalue weighted by Gasteiger charge is -2.17. The van der Waals surface area contributed by atoms with Crippen LogP contribution in [0.1, 0.15) is 48.5 Å². The lowest BCUT2D eigenvalue weighted by Crippen LogP contribution is -2.32. The first-order valence-corrected chi connectivity index (χ1v) is 5.84. The number of nitrogens with zero attached hydrogens (tertiary/aromatic N) is 4. The van der Waals surface area contributed by atoms with E-state index in [0.717, 1.165) is 18.7 Å². The molecule has 1 fully saturated rings. The number of carbonyl (C=O) groups excluding carboxylic acids is 1. The molecule has 6 heteroatoms. The van der Waals surface area contributed by atoms with Crippen molar-refractivity contribution in [3.05, 3.63) is 11.6 Å². The summed E-state index contributed by atoms with van der Waals surface area (Å²) in [4.78, 5) is 17.8. The highest BCUT2D eigenvalue weighted by Crippen LogP contribution is 2.37. The van der Waals surface area contributed by atoms with E-state index in [2.05, 4.69) is 15.2 Å². The van der Waals surface area contributed by atoms with Gasteiger partial charge in [0.2, 0.25) is 5.82 Å². The second-order valence-electron chi connectivity index (χ2n) is 4.11. The molecule has 0 unspecified atom stereocenters. The molecule has 1 amide bonds. The van der Waals surface area contributed by atoms with E-state index >= 15 is 0 Å². The summed E-state index contributed by atoms with van der Waals surface area (Å²) in [6.45, 7) is 2.87. The van der Waals surface area contributed by atoms with E-state index in [1.807, 2.05) is 13.0 Å². The summed E-state index contributed by atoms with van der Waals surface area (Å²) in [6, 6.07) is 2.03. The average Bonchev–Trinajstić information content (AvgIpc) is 3.08. The van der Waals surface area contributed by atoms with Gasteiger partial charge in [-0.15, -0.1) is 5.10 Å². The SMILES string of the molecule is CCN(CCC#N)C(=O)c1n[nH]c(C2CC2)n1. The van der Waals surface area contributed by atoms with Crippen molar-refractivity contribution in [3.8, 4) is 6.07 Å². The van der Waals surface area contributed by atoms with Crippen LogP contribution in [0.25, 0.3) is 0 Å². The second kappa shape index (κ2) is 4.95. The van der Waals surface area contributed by atoms with E-state index in [4.69, 9.17) is 5.26 Å². The number of carbonyl (C=O) groups is 1. The fourth-order valence-corrected chi connectivity index (χ4v) is 1.64. The van der Waals surface area contributed by atoms with Crippen LogP contribution >= 0.6 is 0 Å². The highest BCUT2D eigenvalue weighted by atomic mass is 16.2. The number of aromatic amines is 1. The van der Waals surface area contributed by atoms with Crippen LogP contribution in [0.4, 0.5) is 0 Å². The topological polar surface area (TPSA) is 85.7 Å². The predicted molar refractivity (Wildman–Crippen MR) is 60.2 cm³/mol. The van der Waals surface area contributed by atoms with Crippen LogP contribution in [0.2, 0.25) is 0 Å². The molecule has 1 aliphatic carbocycles. The maximum absolute atomic E-state index is 12.0. The van der Waals surface area contributed by atoms with Crippen molar-refractivity contribution < 1.29 is 4.79 Å². The van der Waals surface area contributed by atoms with Crippen LogP contribution in [0.3, 0.4) is 0 Å². The number of nitriles is 1. The first kappa shape index (κ1) is 11.6. The van der Waals surface area contributed by atoms with Gasteiger partial charge in [-0.1, -0.05) is 0 Å². The Morgan fingerprint density at radius 1 is 1.65 bits per heavy atom. The Morgan fingerprint density at radius 3 is 3.00 bits per heavy atom. The van der Waals surface area contributed by atoms with Crippen LogP contribution in [0.15, 0.2) is 0 Å². The van der Waals surface area contributed by atoms with E-state index in [-0.39, 0.29) is 11.7 Å². The zero-order chi connectivity index (χ0) is 12.3. The number of nitrogens with one attached hydrogen (secondary N) is 1. The van der Waals surface area contributed by atoms with E-state index in [1.165, 1.54) is 0 Å². The second-order valence-corrected chi connectivity index (χ2v) is 4.11. The molecule has 0 aromatic carbocycles. The van der Waals surface area contributed by atoms with Crippen LogP contribution in [-0.4, -0.2) is 39.1 Å². The van der Waals surface area contributed by atoms with Crippen molar-refractivity contribution in [2.75, 3.05) is 13.1 Å². The number of aromatic nitrogens is 3. The van der Waals surface area contributed by atoms with Crippen LogP contribution < -0.4 is 0 Å². The standard InChI is InChI=1S/C11H15N5O/c1-2-16(7-3-6-12)11(17)10-13-9(14-15-10)8-4-5-8/h8H,2-5,7H2,1H3,(H,13,14,15). The molecule has 1 saturated carbocycles. The van der Waals surface area contributed by atoms with E-state index in [0.29, 0.717) is 25.4 Å². The molecule has 1 N–H and O–H groups in total. The number of amides is 1. The molecule has 0 aliphatic heterocycles. The van der Waals surface area contributed by atoms with Crippen molar-refractivity contribution in [1.29, 1.82) is 5.26 Å². The van der Waals surface area contributed by atoms with Gasteiger partial charge < -0.3 is 4.90 Å². The smallest absolute Gasteiger partial charge is 0.293 e. The zero-order valence-corrected chi connectivity index (χ0v) is 9.81. The Balaban J connectivity index is 2.03. The Morgan fingerprint density at radius 2 is 2.41 bits per heavy atom. The fourth-order valence-electron chi connectivity index (χ4n) is 1.64. The van der Waals surface area contributed by atoms with Gasteiger partial charge in [-0.3, -0.25) is 9.89 Å². The molecular formula is C11H15N5O. The first-order valence-electron chi connectivity index (χ1n) is 5.84. The molecule has 0 saturated heterocycles. The Labute approximate surface area is 99.6 Å². The van der Waals surface area contributed by atoms with Gasteiger partial charge in [0.15, 0.2) is 0 Å². The minimum Gasteiger partial charge on any atom is -0.335 e. The fraction of sp³-hybridized carbons (Fsp3) is 0.636. The zero-order valence-electron chi connectivity index (χ0n) is 9.81. The third-order valence-electron chi connectivity index (χ3n) is 2.82. The third kappa shape index (κ3) is 2.61. The molecule has 6 nitrogen and oxygen atoms in total.